The zero-order chi connectivity index (χ0) is 15.8. The van der Waals surface area contributed by atoms with E-state index in [0.29, 0.717) is 18.5 Å². The first-order valence-electron chi connectivity index (χ1n) is 6.45. The van der Waals surface area contributed by atoms with Gasteiger partial charge in [-0.2, -0.15) is 4.65 Å². The number of nitrogens with zero attached hydrogens (tertiary/aromatic N) is 1. The average molecular weight is 308 g/mol. The Balaban J connectivity index is 3.65. The van der Waals surface area contributed by atoms with E-state index in [1.165, 1.54) is 0 Å². The number of quaternary nitrogens is 1. The molecule has 0 saturated heterocycles. The third-order valence-corrected chi connectivity index (χ3v) is 3.28. The van der Waals surface area contributed by atoms with Crippen LogP contribution in [0.1, 0.15) is 26.2 Å². The lowest BCUT2D eigenvalue weighted by atomic mass is 10.2. The largest absolute Gasteiger partial charge is 0.752 e. The summed E-state index contributed by atoms with van der Waals surface area (Å²) in [6, 6.07) is 0. The number of phosphoric ester groups is 1. The molecule has 1 amide bonds. The van der Waals surface area contributed by atoms with Gasteiger partial charge < -0.3 is 14.7 Å². The lowest BCUT2D eigenvalue weighted by Crippen LogP contribution is -2.35. The Hall–Kier alpha value is -0.720. The molecule has 0 saturated carbocycles. The van der Waals surface area contributed by atoms with E-state index in [-0.39, 0.29) is 17.2 Å². The van der Waals surface area contributed by atoms with Gasteiger partial charge in [0.05, 0.1) is 27.7 Å². The van der Waals surface area contributed by atoms with Crippen molar-refractivity contribution in [3.05, 3.63) is 12.2 Å². The molecule has 0 fully saturated rings. The molecule has 1 N–H and O–H groups in total. The Bertz CT molecular complexity index is 379. The van der Waals surface area contributed by atoms with Crippen molar-refractivity contribution in [3.63, 3.8) is 0 Å². The predicted octanol–water partition coefficient (Wildman–Crippen LogP) is 0.972. The molecule has 1 atom stereocenters. The van der Waals surface area contributed by atoms with E-state index in [2.05, 4.69) is 11.9 Å². The van der Waals surface area contributed by atoms with Gasteiger partial charge >= 0.3 is 7.82 Å². The molecule has 0 aliphatic rings. The molecule has 118 valence electrons. The highest BCUT2D eigenvalue weighted by atomic mass is 31.2. The third kappa shape index (κ3) is 11.1. The van der Waals surface area contributed by atoms with Gasteiger partial charge in [0, 0.05) is 12.1 Å². The maximum absolute atomic E-state index is 11.4. The van der Waals surface area contributed by atoms with E-state index >= 15 is 0 Å². The maximum Gasteiger partial charge on any atom is 0.325 e. The highest BCUT2D eigenvalue weighted by molar-refractivity contribution is 7.45. The Morgan fingerprint density at radius 3 is 2.40 bits per heavy atom. The van der Waals surface area contributed by atoms with Crippen LogP contribution in [0.15, 0.2) is 12.2 Å². The summed E-state index contributed by atoms with van der Waals surface area (Å²) in [6.45, 7) is 5.78. The van der Waals surface area contributed by atoms with Crippen molar-refractivity contribution in [2.75, 3.05) is 34.3 Å². The molecule has 0 aromatic rings. The van der Waals surface area contributed by atoms with Crippen LogP contribution in [0, 0.1) is 0 Å². The lowest BCUT2D eigenvalue weighted by Gasteiger charge is -2.29. The number of unbranched alkanes of at least 4 members (excludes halogenated alkanes) is 2. The Morgan fingerprint density at radius 2 is 1.90 bits per heavy atom. The standard InChI is InChI=1S/C12H25N2O5P/c1-11(2)12(15)13-9-7-6-8-10-18-20(16,17)19-14(3,4)5/h1,6-10H2,2-5H3,(H-,13,15,16,17). The van der Waals surface area contributed by atoms with Crippen LogP contribution in [0.2, 0.25) is 0 Å². The number of hydrogen-bond acceptors (Lipinski definition) is 5. The molecule has 1 unspecified atom stereocenters. The van der Waals surface area contributed by atoms with Gasteiger partial charge in [0.25, 0.3) is 0 Å². The average Bonchev–Trinajstić information content (AvgIpc) is 2.23. The van der Waals surface area contributed by atoms with Crippen molar-refractivity contribution in [2.45, 2.75) is 26.2 Å². The van der Waals surface area contributed by atoms with Crippen molar-refractivity contribution in [3.8, 4) is 0 Å². The summed E-state index contributed by atoms with van der Waals surface area (Å²) in [6.07, 6.45) is 2.08. The number of rotatable bonds is 10. The predicted molar refractivity (Wildman–Crippen MR) is 74.4 cm³/mol. The van der Waals surface area contributed by atoms with E-state index < -0.39 is 7.82 Å². The van der Waals surface area contributed by atoms with Gasteiger partial charge in [0.2, 0.25) is 5.91 Å². The van der Waals surface area contributed by atoms with Crippen LogP contribution in [0.3, 0.4) is 0 Å². The second kappa shape index (κ2) is 8.54. The van der Waals surface area contributed by atoms with Crippen molar-refractivity contribution in [1.82, 2.24) is 5.32 Å². The van der Waals surface area contributed by atoms with Gasteiger partial charge in [0.1, 0.15) is 0 Å². The van der Waals surface area contributed by atoms with Gasteiger partial charge in [0.15, 0.2) is 0 Å². The molecule has 0 rings (SSSR count). The summed E-state index contributed by atoms with van der Waals surface area (Å²) < 4.78 is 20.7. The lowest BCUT2D eigenvalue weighted by molar-refractivity contribution is -1.04. The number of amides is 1. The Kier molecular flexibility index (Phi) is 8.23. The van der Waals surface area contributed by atoms with Crippen LogP contribution < -0.4 is 10.2 Å². The quantitative estimate of drug-likeness (QED) is 0.214. The van der Waals surface area contributed by atoms with Crippen LogP contribution in [0.4, 0.5) is 0 Å². The van der Waals surface area contributed by atoms with Crippen LogP contribution in [0.25, 0.3) is 0 Å². The fourth-order valence-electron chi connectivity index (χ4n) is 1.26. The van der Waals surface area contributed by atoms with Gasteiger partial charge in [-0.15, -0.1) is 4.62 Å². The van der Waals surface area contributed by atoms with Gasteiger partial charge in [-0.25, -0.2) is 0 Å². The fourth-order valence-corrected chi connectivity index (χ4v) is 2.26. The number of hydroxylamine groups is 3. The maximum atomic E-state index is 11.4. The van der Waals surface area contributed by atoms with Crippen LogP contribution in [0.5, 0.6) is 0 Å². The minimum absolute atomic E-state index is 0.0786. The monoisotopic (exact) mass is 308 g/mol. The molecule has 0 heterocycles. The Morgan fingerprint density at radius 1 is 1.30 bits per heavy atom. The van der Waals surface area contributed by atoms with Crippen molar-refractivity contribution >= 4 is 13.7 Å². The van der Waals surface area contributed by atoms with Crippen LogP contribution in [-0.2, 0) is 18.5 Å². The zero-order valence-electron chi connectivity index (χ0n) is 12.7. The van der Waals surface area contributed by atoms with E-state index in [9.17, 15) is 14.3 Å². The molecule has 0 aliphatic carbocycles. The molecular weight excluding hydrogens is 283 g/mol. The molecule has 0 aliphatic heterocycles. The minimum Gasteiger partial charge on any atom is -0.752 e. The first kappa shape index (κ1) is 19.3. The number of carbonyl (C=O) groups excluding carboxylic acids is 1. The fraction of sp³-hybridized carbons (Fsp3) is 0.750. The van der Waals surface area contributed by atoms with Crippen molar-refractivity contribution in [1.29, 1.82) is 0 Å². The number of phosphoric acid groups is 1. The zero-order valence-corrected chi connectivity index (χ0v) is 13.6. The van der Waals surface area contributed by atoms with Crippen LogP contribution in [-0.4, -0.2) is 44.8 Å². The molecule has 0 aromatic carbocycles. The second-order valence-corrected chi connectivity index (χ2v) is 6.66. The van der Waals surface area contributed by atoms with Gasteiger partial charge in [-0.3, -0.25) is 9.36 Å². The molecule has 7 nitrogen and oxygen atoms in total. The topological polar surface area (TPSA) is 87.7 Å². The van der Waals surface area contributed by atoms with E-state index in [1.54, 1.807) is 28.1 Å². The highest BCUT2D eigenvalue weighted by Crippen LogP contribution is 2.40. The highest BCUT2D eigenvalue weighted by Gasteiger charge is 2.20. The van der Waals surface area contributed by atoms with Crippen LogP contribution >= 0.6 is 7.82 Å². The second-order valence-electron chi connectivity index (χ2n) is 5.35. The first-order valence-corrected chi connectivity index (χ1v) is 7.92. The summed E-state index contributed by atoms with van der Waals surface area (Å²) in [4.78, 5) is 22.6. The smallest absolute Gasteiger partial charge is 0.325 e. The number of nitrogens with one attached hydrogen (secondary N) is 1. The summed E-state index contributed by atoms with van der Waals surface area (Å²) in [7, 11) is 0.487. The van der Waals surface area contributed by atoms with E-state index in [1.807, 2.05) is 0 Å². The Labute approximate surface area is 120 Å². The summed E-state index contributed by atoms with van der Waals surface area (Å²) in [5, 5.41) is 2.70. The summed E-state index contributed by atoms with van der Waals surface area (Å²) >= 11 is 0. The normalized spacial score (nSPS) is 14.7. The molecule has 8 heteroatoms. The minimum atomic E-state index is -4.26. The number of carbonyl (C=O) groups is 1. The van der Waals surface area contributed by atoms with E-state index in [0.717, 1.165) is 12.8 Å². The summed E-state index contributed by atoms with van der Waals surface area (Å²) in [5.74, 6) is -0.165. The molecule has 20 heavy (non-hydrogen) atoms. The molecule has 0 radical (unpaired) electrons. The first-order chi connectivity index (χ1) is 9.03. The summed E-state index contributed by atoms with van der Waals surface area (Å²) in [5.41, 5.74) is 0.470. The molecule has 0 aromatic heterocycles. The SMILES string of the molecule is C=C(C)C(=O)NCCCCCOP(=O)([O-])O[N+](C)(C)C. The van der Waals surface area contributed by atoms with Gasteiger partial charge in [-0.1, -0.05) is 6.58 Å². The molecule has 0 spiro atoms. The van der Waals surface area contributed by atoms with Crippen molar-refractivity contribution in [2.24, 2.45) is 0 Å². The van der Waals surface area contributed by atoms with Crippen molar-refractivity contribution < 1.29 is 28.0 Å². The molecular formula is C12H25N2O5P. The number of hydrogen-bond donors (Lipinski definition) is 1. The van der Waals surface area contributed by atoms with Gasteiger partial charge in [-0.05, 0) is 26.2 Å². The van der Waals surface area contributed by atoms with E-state index in [4.69, 9.17) is 9.15 Å². The molecule has 0 bridgehead atoms. The third-order valence-electron chi connectivity index (χ3n) is 2.09.